The van der Waals surface area contributed by atoms with Crippen molar-refractivity contribution in [2.45, 2.75) is 25.7 Å². The number of nitrogens with zero attached hydrogens (tertiary/aromatic N) is 1. The number of hydrogen-bond donors (Lipinski definition) is 1. The number of ether oxygens (including phenoxy) is 1. The summed E-state index contributed by atoms with van der Waals surface area (Å²) in [5, 5.41) is 12.8. The van der Waals surface area contributed by atoms with E-state index in [0.29, 0.717) is 18.2 Å². The Labute approximate surface area is 89.5 Å². The highest BCUT2D eigenvalue weighted by Gasteiger charge is 2.13. The first-order valence-electron chi connectivity index (χ1n) is 5.14. The molecule has 1 unspecified atom stereocenters. The van der Waals surface area contributed by atoms with Crippen molar-refractivity contribution in [3.05, 3.63) is 24.5 Å². The minimum atomic E-state index is -0.207. The van der Waals surface area contributed by atoms with Crippen molar-refractivity contribution in [1.29, 1.82) is 0 Å². The maximum atomic E-state index is 9.00. The van der Waals surface area contributed by atoms with Gasteiger partial charge in [0, 0.05) is 6.07 Å². The monoisotopic (exact) mass is 211 g/mol. The summed E-state index contributed by atoms with van der Waals surface area (Å²) in [6.07, 6.45) is 3.69. The third kappa shape index (κ3) is 3.40. The zero-order valence-electron chi connectivity index (χ0n) is 8.98. The van der Waals surface area contributed by atoms with Crippen molar-refractivity contribution in [2.75, 3.05) is 13.2 Å². The van der Waals surface area contributed by atoms with Gasteiger partial charge >= 0.3 is 0 Å². The SMILES string of the molecule is C=CC(CO)c1cc(OCCCC)no1. The molecule has 0 saturated heterocycles. The first-order chi connectivity index (χ1) is 7.31. The van der Waals surface area contributed by atoms with Gasteiger partial charge in [-0.15, -0.1) is 6.58 Å². The van der Waals surface area contributed by atoms with Gasteiger partial charge < -0.3 is 14.4 Å². The van der Waals surface area contributed by atoms with Gasteiger partial charge in [-0.3, -0.25) is 0 Å². The van der Waals surface area contributed by atoms with Crippen LogP contribution in [-0.4, -0.2) is 23.5 Å². The van der Waals surface area contributed by atoms with Gasteiger partial charge in [0.25, 0.3) is 5.88 Å². The van der Waals surface area contributed by atoms with Crippen molar-refractivity contribution in [3.8, 4) is 5.88 Å². The molecule has 1 rings (SSSR count). The number of aromatic nitrogens is 1. The molecule has 1 aromatic heterocycles. The molecule has 0 aliphatic carbocycles. The molecule has 0 fully saturated rings. The first-order valence-corrected chi connectivity index (χ1v) is 5.14. The Morgan fingerprint density at radius 1 is 1.73 bits per heavy atom. The van der Waals surface area contributed by atoms with Crippen LogP contribution in [0.3, 0.4) is 0 Å². The number of unbranched alkanes of at least 4 members (excludes halogenated alkanes) is 1. The van der Waals surface area contributed by atoms with Gasteiger partial charge in [0.05, 0.1) is 19.1 Å². The zero-order chi connectivity index (χ0) is 11.1. The average molecular weight is 211 g/mol. The Balaban J connectivity index is 2.51. The number of aliphatic hydroxyl groups is 1. The van der Waals surface area contributed by atoms with Gasteiger partial charge in [0.2, 0.25) is 0 Å². The van der Waals surface area contributed by atoms with Crippen LogP contribution >= 0.6 is 0 Å². The Morgan fingerprint density at radius 3 is 3.13 bits per heavy atom. The molecule has 15 heavy (non-hydrogen) atoms. The predicted octanol–water partition coefficient (Wildman–Crippen LogP) is 2.12. The van der Waals surface area contributed by atoms with Crippen molar-refractivity contribution in [1.82, 2.24) is 5.16 Å². The summed E-state index contributed by atoms with van der Waals surface area (Å²) in [6, 6.07) is 1.69. The number of rotatable bonds is 7. The smallest absolute Gasteiger partial charge is 0.254 e. The normalized spacial score (nSPS) is 12.4. The fourth-order valence-electron chi connectivity index (χ4n) is 1.12. The highest BCUT2D eigenvalue weighted by Crippen LogP contribution is 2.20. The van der Waals surface area contributed by atoms with E-state index < -0.39 is 0 Å². The van der Waals surface area contributed by atoms with E-state index in [4.69, 9.17) is 14.4 Å². The van der Waals surface area contributed by atoms with Crippen LogP contribution in [0.2, 0.25) is 0 Å². The molecule has 0 aliphatic rings. The van der Waals surface area contributed by atoms with Gasteiger partial charge in [0.1, 0.15) is 5.76 Å². The summed E-state index contributed by atoms with van der Waals surface area (Å²) in [6.45, 7) is 6.30. The molecule has 1 heterocycles. The molecule has 0 aliphatic heterocycles. The number of hydrogen-bond acceptors (Lipinski definition) is 4. The molecular formula is C11H17NO3. The van der Waals surface area contributed by atoms with E-state index in [2.05, 4.69) is 18.7 Å². The second-order valence-corrected chi connectivity index (χ2v) is 3.29. The van der Waals surface area contributed by atoms with Gasteiger partial charge in [-0.1, -0.05) is 19.4 Å². The van der Waals surface area contributed by atoms with Crippen molar-refractivity contribution in [2.24, 2.45) is 0 Å². The van der Waals surface area contributed by atoms with Crippen molar-refractivity contribution >= 4 is 0 Å². The minimum absolute atomic E-state index is 0.0346. The van der Waals surface area contributed by atoms with Crippen LogP contribution in [0.4, 0.5) is 0 Å². The fourth-order valence-corrected chi connectivity index (χ4v) is 1.12. The van der Waals surface area contributed by atoms with Crippen molar-refractivity contribution in [3.63, 3.8) is 0 Å². The van der Waals surface area contributed by atoms with E-state index in [0.717, 1.165) is 12.8 Å². The summed E-state index contributed by atoms with van der Waals surface area (Å²) in [5.74, 6) is 0.846. The Kier molecular flexibility index (Phi) is 4.90. The molecule has 0 amide bonds. The van der Waals surface area contributed by atoms with Gasteiger partial charge in [-0.05, 0) is 11.6 Å². The third-order valence-corrected chi connectivity index (χ3v) is 2.10. The highest BCUT2D eigenvalue weighted by molar-refractivity contribution is 5.18. The minimum Gasteiger partial charge on any atom is -0.476 e. The first kappa shape index (κ1) is 11.8. The van der Waals surface area contributed by atoms with E-state index in [9.17, 15) is 0 Å². The third-order valence-electron chi connectivity index (χ3n) is 2.10. The summed E-state index contributed by atoms with van der Waals surface area (Å²) < 4.78 is 10.4. The van der Waals surface area contributed by atoms with Crippen LogP contribution in [0.25, 0.3) is 0 Å². The molecule has 1 aromatic rings. The van der Waals surface area contributed by atoms with E-state index in [1.165, 1.54) is 0 Å². The van der Waals surface area contributed by atoms with Gasteiger partial charge in [-0.2, -0.15) is 0 Å². The lowest BCUT2D eigenvalue weighted by atomic mass is 10.1. The lowest BCUT2D eigenvalue weighted by Gasteiger charge is -2.01. The standard InChI is InChI=1S/C11H17NO3/c1-3-5-6-14-11-7-10(15-12-11)9(4-2)8-13/h4,7,9,13H,2-3,5-6,8H2,1H3. The lowest BCUT2D eigenvalue weighted by molar-refractivity contribution is 0.247. The number of aliphatic hydroxyl groups excluding tert-OH is 1. The molecule has 0 radical (unpaired) electrons. The fraction of sp³-hybridized carbons (Fsp3) is 0.545. The summed E-state index contributed by atoms with van der Waals surface area (Å²) in [7, 11) is 0. The Hall–Kier alpha value is -1.29. The molecule has 0 aromatic carbocycles. The highest BCUT2D eigenvalue weighted by atomic mass is 16.5. The quantitative estimate of drug-likeness (QED) is 0.554. The molecule has 4 nitrogen and oxygen atoms in total. The van der Waals surface area contributed by atoms with Crippen LogP contribution < -0.4 is 4.74 Å². The zero-order valence-corrected chi connectivity index (χ0v) is 8.98. The summed E-state index contributed by atoms with van der Waals surface area (Å²) in [5.41, 5.74) is 0. The van der Waals surface area contributed by atoms with Crippen molar-refractivity contribution < 1.29 is 14.4 Å². The topological polar surface area (TPSA) is 55.5 Å². The van der Waals surface area contributed by atoms with Crippen LogP contribution in [0, 0.1) is 0 Å². The van der Waals surface area contributed by atoms with E-state index >= 15 is 0 Å². The molecule has 1 N–H and O–H groups in total. The van der Waals surface area contributed by atoms with E-state index in [1.807, 2.05) is 0 Å². The Morgan fingerprint density at radius 2 is 2.53 bits per heavy atom. The summed E-state index contributed by atoms with van der Waals surface area (Å²) >= 11 is 0. The molecule has 1 atom stereocenters. The van der Waals surface area contributed by atoms with E-state index in [-0.39, 0.29) is 12.5 Å². The molecule has 0 saturated carbocycles. The predicted molar refractivity (Wildman–Crippen MR) is 56.9 cm³/mol. The van der Waals surface area contributed by atoms with Crippen LogP contribution in [-0.2, 0) is 0 Å². The van der Waals surface area contributed by atoms with E-state index in [1.54, 1.807) is 12.1 Å². The molecule has 0 bridgehead atoms. The van der Waals surface area contributed by atoms with Gasteiger partial charge in [0.15, 0.2) is 0 Å². The van der Waals surface area contributed by atoms with Gasteiger partial charge in [-0.25, -0.2) is 0 Å². The summed E-state index contributed by atoms with van der Waals surface area (Å²) in [4.78, 5) is 0. The maximum absolute atomic E-state index is 9.00. The van der Waals surface area contributed by atoms with Crippen LogP contribution in [0.5, 0.6) is 5.88 Å². The molecule has 4 heteroatoms. The molecule has 0 spiro atoms. The molecule has 84 valence electrons. The van der Waals surface area contributed by atoms with Crippen LogP contribution in [0.1, 0.15) is 31.4 Å². The lowest BCUT2D eigenvalue weighted by Crippen LogP contribution is -1.98. The average Bonchev–Trinajstić information content (AvgIpc) is 2.69. The Bertz CT molecular complexity index is 296. The second kappa shape index (κ2) is 6.24. The second-order valence-electron chi connectivity index (χ2n) is 3.29. The largest absolute Gasteiger partial charge is 0.476 e. The molecular weight excluding hydrogens is 194 g/mol. The maximum Gasteiger partial charge on any atom is 0.254 e. The van der Waals surface area contributed by atoms with Crippen LogP contribution in [0.15, 0.2) is 23.2 Å².